The van der Waals surface area contributed by atoms with Crippen LogP contribution in [0.25, 0.3) is 0 Å². The van der Waals surface area contributed by atoms with Gasteiger partial charge >= 0.3 is 0 Å². The van der Waals surface area contributed by atoms with Gasteiger partial charge in [0.25, 0.3) is 5.91 Å². The molecule has 0 fully saturated rings. The Balaban J connectivity index is 2.11. The molecule has 0 bridgehead atoms. The van der Waals surface area contributed by atoms with Crippen LogP contribution in [-0.4, -0.2) is 21.0 Å². The molecule has 0 saturated carbocycles. The van der Waals surface area contributed by atoms with Crippen LogP contribution in [0.2, 0.25) is 0 Å². The largest absolute Gasteiger partial charge is 0.505 e. The van der Waals surface area contributed by atoms with Crippen LogP contribution in [0.5, 0.6) is 5.75 Å². The fourth-order valence-corrected chi connectivity index (χ4v) is 1.57. The third-order valence-electron chi connectivity index (χ3n) is 2.56. The van der Waals surface area contributed by atoms with E-state index in [-0.39, 0.29) is 17.5 Å². The molecule has 1 unspecified atom stereocenters. The highest BCUT2D eigenvalue weighted by Gasteiger charge is 2.15. The Morgan fingerprint density at radius 2 is 2.00 bits per heavy atom. The van der Waals surface area contributed by atoms with Gasteiger partial charge in [0.2, 0.25) is 0 Å². The number of aromatic hydroxyl groups is 1. The Kier molecular flexibility index (Phi) is 3.52. The second-order valence-corrected chi connectivity index (χ2v) is 3.85. The molecule has 1 amide bonds. The summed E-state index contributed by atoms with van der Waals surface area (Å²) in [6, 6.07) is 6.46. The number of nitrogens with zero attached hydrogens (tertiary/aromatic N) is 2. The van der Waals surface area contributed by atoms with Crippen LogP contribution in [0.1, 0.15) is 29.0 Å². The number of nitrogens with one attached hydrogen (secondary N) is 1. The number of carbonyl (C=O) groups excluding carboxylic acids is 1. The average molecular weight is 243 g/mol. The predicted octanol–water partition coefficient (Wildman–Crippen LogP) is 1.67. The van der Waals surface area contributed by atoms with Crippen LogP contribution < -0.4 is 5.32 Å². The highest BCUT2D eigenvalue weighted by atomic mass is 16.3. The monoisotopic (exact) mass is 243 g/mol. The van der Waals surface area contributed by atoms with Crippen molar-refractivity contribution in [1.82, 2.24) is 15.3 Å². The molecule has 2 N–H and O–H groups in total. The summed E-state index contributed by atoms with van der Waals surface area (Å²) in [5.74, 6) is -0.533. The maximum absolute atomic E-state index is 11.9. The molecular weight excluding hydrogens is 230 g/mol. The number of hydrogen-bond acceptors (Lipinski definition) is 4. The molecule has 0 saturated heterocycles. The van der Waals surface area contributed by atoms with Gasteiger partial charge in [0.1, 0.15) is 5.75 Å². The van der Waals surface area contributed by atoms with E-state index in [1.807, 2.05) is 19.1 Å². The van der Waals surface area contributed by atoms with E-state index in [0.29, 0.717) is 0 Å². The van der Waals surface area contributed by atoms with E-state index in [0.717, 1.165) is 5.56 Å². The average Bonchev–Trinajstić information content (AvgIpc) is 2.40. The van der Waals surface area contributed by atoms with Crippen LogP contribution in [-0.2, 0) is 0 Å². The van der Waals surface area contributed by atoms with Crippen LogP contribution >= 0.6 is 0 Å². The zero-order valence-electron chi connectivity index (χ0n) is 9.87. The number of pyridine rings is 2. The molecule has 0 radical (unpaired) electrons. The summed E-state index contributed by atoms with van der Waals surface area (Å²) in [5, 5.41) is 12.3. The summed E-state index contributed by atoms with van der Waals surface area (Å²) in [7, 11) is 0. The molecule has 0 aliphatic rings. The van der Waals surface area contributed by atoms with E-state index in [1.54, 1.807) is 18.5 Å². The van der Waals surface area contributed by atoms with E-state index in [9.17, 15) is 9.90 Å². The summed E-state index contributed by atoms with van der Waals surface area (Å²) in [4.78, 5) is 19.7. The molecule has 0 spiro atoms. The van der Waals surface area contributed by atoms with Crippen molar-refractivity contribution in [1.29, 1.82) is 0 Å². The maximum atomic E-state index is 11.9. The quantitative estimate of drug-likeness (QED) is 0.859. The SMILES string of the molecule is CC(NC(=O)c1ncccc1O)c1ccncc1. The fourth-order valence-electron chi connectivity index (χ4n) is 1.57. The third-order valence-corrected chi connectivity index (χ3v) is 2.56. The first-order chi connectivity index (χ1) is 8.68. The topological polar surface area (TPSA) is 75.1 Å². The van der Waals surface area contributed by atoms with Crippen LogP contribution in [0.15, 0.2) is 42.9 Å². The third kappa shape index (κ3) is 2.63. The van der Waals surface area contributed by atoms with Crippen molar-refractivity contribution in [2.45, 2.75) is 13.0 Å². The molecule has 18 heavy (non-hydrogen) atoms. The number of carbonyl (C=O) groups is 1. The van der Waals surface area contributed by atoms with Gasteiger partial charge in [0.15, 0.2) is 5.69 Å². The van der Waals surface area contributed by atoms with E-state index in [2.05, 4.69) is 15.3 Å². The van der Waals surface area contributed by atoms with Crippen LogP contribution in [0, 0.1) is 0 Å². The van der Waals surface area contributed by atoms with E-state index in [1.165, 1.54) is 12.3 Å². The number of aromatic nitrogens is 2. The van der Waals surface area contributed by atoms with Gasteiger partial charge in [0.05, 0.1) is 6.04 Å². The first-order valence-corrected chi connectivity index (χ1v) is 5.53. The lowest BCUT2D eigenvalue weighted by molar-refractivity contribution is 0.0932. The maximum Gasteiger partial charge on any atom is 0.274 e. The van der Waals surface area contributed by atoms with Crippen LogP contribution in [0.4, 0.5) is 0 Å². The molecule has 0 aliphatic carbocycles. The summed E-state index contributed by atoms with van der Waals surface area (Å²) in [6.45, 7) is 1.85. The first-order valence-electron chi connectivity index (χ1n) is 5.53. The summed E-state index contributed by atoms with van der Waals surface area (Å²) < 4.78 is 0. The van der Waals surface area contributed by atoms with E-state index in [4.69, 9.17) is 0 Å². The molecule has 1 atom stereocenters. The molecule has 2 rings (SSSR count). The normalized spacial score (nSPS) is 11.8. The number of hydrogen-bond donors (Lipinski definition) is 2. The fraction of sp³-hybridized carbons (Fsp3) is 0.154. The number of amides is 1. The molecule has 92 valence electrons. The Labute approximate surface area is 105 Å². The van der Waals surface area contributed by atoms with Crippen molar-refractivity contribution in [2.24, 2.45) is 0 Å². The lowest BCUT2D eigenvalue weighted by Gasteiger charge is -2.13. The summed E-state index contributed by atoms with van der Waals surface area (Å²) in [5.41, 5.74) is 0.965. The van der Waals surface area contributed by atoms with Crippen molar-refractivity contribution < 1.29 is 9.90 Å². The summed E-state index contributed by atoms with van der Waals surface area (Å²) >= 11 is 0. The van der Waals surface area contributed by atoms with Crippen molar-refractivity contribution in [2.75, 3.05) is 0 Å². The molecule has 2 aromatic heterocycles. The van der Waals surface area contributed by atoms with E-state index < -0.39 is 5.91 Å². The Morgan fingerprint density at radius 1 is 1.28 bits per heavy atom. The van der Waals surface area contributed by atoms with Gasteiger partial charge in [0, 0.05) is 18.6 Å². The van der Waals surface area contributed by atoms with Crippen LogP contribution in [0.3, 0.4) is 0 Å². The lowest BCUT2D eigenvalue weighted by Crippen LogP contribution is -2.27. The predicted molar refractivity (Wildman–Crippen MR) is 66.0 cm³/mol. The van der Waals surface area contributed by atoms with Crippen molar-refractivity contribution in [3.8, 4) is 5.75 Å². The molecule has 5 nitrogen and oxygen atoms in total. The zero-order chi connectivity index (χ0) is 13.0. The highest BCUT2D eigenvalue weighted by Crippen LogP contribution is 2.15. The minimum Gasteiger partial charge on any atom is -0.505 e. The summed E-state index contributed by atoms with van der Waals surface area (Å²) in [6.07, 6.45) is 4.79. The lowest BCUT2D eigenvalue weighted by atomic mass is 10.1. The van der Waals surface area contributed by atoms with Crippen molar-refractivity contribution in [3.63, 3.8) is 0 Å². The van der Waals surface area contributed by atoms with Gasteiger partial charge in [-0.25, -0.2) is 4.98 Å². The smallest absolute Gasteiger partial charge is 0.274 e. The standard InChI is InChI=1S/C13H13N3O2/c1-9(10-4-7-14-8-5-10)16-13(18)12-11(17)3-2-6-15-12/h2-9,17H,1H3,(H,16,18). The van der Waals surface area contributed by atoms with Gasteiger partial charge in [-0.3, -0.25) is 9.78 Å². The van der Waals surface area contributed by atoms with Gasteiger partial charge in [-0.05, 0) is 36.8 Å². The molecular formula is C13H13N3O2. The first kappa shape index (κ1) is 12.0. The van der Waals surface area contributed by atoms with Gasteiger partial charge in [-0.15, -0.1) is 0 Å². The molecule has 2 aromatic rings. The van der Waals surface area contributed by atoms with Gasteiger partial charge in [-0.2, -0.15) is 0 Å². The molecule has 0 aliphatic heterocycles. The highest BCUT2D eigenvalue weighted by molar-refractivity contribution is 5.94. The number of rotatable bonds is 3. The molecule has 2 heterocycles. The Bertz CT molecular complexity index is 543. The minimum atomic E-state index is -0.405. The zero-order valence-corrected chi connectivity index (χ0v) is 9.87. The van der Waals surface area contributed by atoms with E-state index >= 15 is 0 Å². The van der Waals surface area contributed by atoms with Crippen molar-refractivity contribution >= 4 is 5.91 Å². The molecule has 0 aromatic carbocycles. The second kappa shape index (κ2) is 5.27. The molecule has 5 heteroatoms. The van der Waals surface area contributed by atoms with Gasteiger partial charge < -0.3 is 10.4 Å². The minimum absolute atomic E-state index is 0.0263. The van der Waals surface area contributed by atoms with Gasteiger partial charge in [-0.1, -0.05) is 0 Å². The Hall–Kier alpha value is -2.43. The van der Waals surface area contributed by atoms with Crippen molar-refractivity contribution in [3.05, 3.63) is 54.1 Å². The Morgan fingerprint density at radius 3 is 2.67 bits per heavy atom. The second-order valence-electron chi connectivity index (χ2n) is 3.85.